The first-order chi connectivity index (χ1) is 15.0. The number of carbonyl (C=O) groups excluding carboxylic acids is 2. The minimum Gasteiger partial charge on any atom is -0.457 e. The molecule has 1 aliphatic rings. The Balaban J connectivity index is 2.29. The minimum absolute atomic E-state index is 0.111. The topological polar surface area (TPSA) is 77.0 Å². The van der Waals surface area contributed by atoms with E-state index in [9.17, 15) is 22.8 Å². The molecule has 2 rings (SSSR count). The zero-order valence-corrected chi connectivity index (χ0v) is 20.8. The van der Waals surface area contributed by atoms with Crippen LogP contribution in [0.3, 0.4) is 0 Å². The number of halogens is 4. The minimum atomic E-state index is -4.82. The van der Waals surface area contributed by atoms with Crippen LogP contribution in [-0.2, 0) is 14.3 Å². The molecule has 0 saturated heterocycles. The summed E-state index contributed by atoms with van der Waals surface area (Å²) in [4.78, 5) is 30.0. The van der Waals surface area contributed by atoms with Crippen molar-refractivity contribution in [2.24, 2.45) is 10.9 Å². The van der Waals surface area contributed by atoms with Crippen LogP contribution in [-0.4, -0.2) is 35.2 Å². The van der Waals surface area contributed by atoms with Crippen molar-refractivity contribution < 1.29 is 32.2 Å². The molecule has 0 spiro atoms. The summed E-state index contributed by atoms with van der Waals surface area (Å²) in [5.74, 6) is -0.933. The van der Waals surface area contributed by atoms with Gasteiger partial charge in [-0.3, -0.25) is 9.79 Å². The number of amides is 1. The average molecular weight is 533 g/mol. The Labute approximate surface area is 199 Å². The van der Waals surface area contributed by atoms with Crippen molar-refractivity contribution in [2.45, 2.75) is 71.4 Å². The van der Waals surface area contributed by atoms with Crippen LogP contribution in [0.2, 0.25) is 0 Å². The molecule has 0 aromatic heterocycles. The second-order valence-electron chi connectivity index (χ2n) is 9.34. The number of carbonyl (C=O) groups is 2. The number of amidine groups is 1. The first-order valence-corrected chi connectivity index (χ1v) is 11.2. The molecule has 10 heteroatoms. The molecule has 6 nitrogen and oxygen atoms in total. The fraction of sp³-hybridized carbons (Fsp3) is 0.522. The van der Waals surface area contributed by atoms with Crippen LogP contribution in [0.25, 0.3) is 0 Å². The van der Waals surface area contributed by atoms with Gasteiger partial charge in [0.1, 0.15) is 22.7 Å². The maximum Gasteiger partial charge on any atom is 0.573 e. The third-order valence-electron chi connectivity index (χ3n) is 4.68. The number of alkyl halides is 3. The second kappa shape index (κ2) is 9.87. The molecule has 1 heterocycles. The van der Waals surface area contributed by atoms with Crippen LogP contribution < -0.4 is 10.1 Å². The largest absolute Gasteiger partial charge is 0.573 e. The summed E-state index contributed by atoms with van der Waals surface area (Å²) in [6, 6.07) is 3.69. The molecular weight excluding hydrogens is 505 g/mol. The Morgan fingerprint density at radius 1 is 1.27 bits per heavy atom. The van der Waals surface area contributed by atoms with Crippen molar-refractivity contribution >= 4 is 33.6 Å². The molecule has 1 N–H and O–H groups in total. The van der Waals surface area contributed by atoms with E-state index >= 15 is 0 Å². The van der Waals surface area contributed by atoms with Gasteiger partial charge in [-0.2, -0.15) is 0 Å². The van der Waals surface area contributed by atoms with Gasteiger partial charge in [-0.15, -0.1) is 13.2 Å². The van der Waals surface area contributed by atoms with Gasteiger partial charge in [-0.1, -0.05) is 20.4 Å². The third-order valence-corrected chi connectivity index (χ3v) is 5.34. The van der Waals surface area contributed by atoms with E-state index in [4.69, 9.17) is 4.74 Å². The van der Waals surface area contributed by atoms with E-state index in [2.05, 4.69) is 37.6 Å². The number of nitrogens with one attached hydrogen (secondary N) is 1. The van der Waals surface area contributed by atoms with E-state index in [0.29, 0.717) is 12.0 Å². The van der Waals surface area contributed by atoms with E-state index in [1.165, 1.54) is 6.07 Å². The van der Waals surface area contributed by atoms with E-state index in [1.807, 2.05) is 13.8 Å². The molecule has 1 atom stereocenters. The van der Waals surface area contributed by atoms with Gasteiger partial charge < -0.3 is 14.8 Å². The van der Waals surface area contributed by atoms with Gasteiger partial charge in [-0.25, -0.2) is 4.79 Å². The van der Waals surface area contributed by atoms with E-state index in [0.717, 1.165) is 12.1 Å². The molecule has 1 amide bonds. The van der Waals surface area contributed by atoms with Gasteiger partial charge in [0.05, 0.1) is 0 Å². The van der Waals surface area contributed by atoms with Crippen LogP contribution in [0.4, 0.5) is 13.2 Å². The Hall–Kier alpha value is -2.36. The maximum absolute atomic E-state index is 13.0. The zero-order chi connectivity index (χ0) is 25.2. The summed E-state index contributed by atoms with van der Waals surface area (Å²) in [6.07, 6.45) is -3.98. The molecule has 182 valence electrons. The Morgan fingerprint density at radius 2 is 1.91 bits per heavy atom. The van der Waals surface area contributed by atoms with Gasteiger partial charge in [0.25, 0.3) is 5.91 Å². The lowest BCUT2D eigenvalue weighted by Gasteiger charge is -2.26. The number of esters is 1. The first kappa shape index (κ1) is 26.9. The highest BCUT2D eigenvalue weighted by Gasteiger charge is 2.44. The third kappa shape index (κ3) is 7.58. The normalized spacial score (nSPS) is 18.7. The molecule has 0 bridgehead atoms. The quantitative estimate of drug-likeness (QED) is 0.344. The van der Waals surface area contributed by atoms with Gasteiger partial charge in [0, 0.05) is 15.6 Å². The summed E-state index contributed by atoms with van der Waals surface area (Å²) in [6.45, 7) is 13.0. The van der Waals surface area contributed by atoms with Crippen molar-refractivity contribution in [3.63, 3.8) is 0 Å². The van der Waals surface area contributed by atoms with E-state index in [-0.39, 0.29) is 40.5 Å². The first-order valence-electron chi connectivity index (χ1n) is 10.4. The predicted molar refractivity (Wildman–Crippen MR) is 122 cm³/mol. The molecule has 0 fully saturated rings. The number of rotatable bonds is 8. The van der Waals surface area contributed by atoms with Crippen LogP contribution in [0.1, 0.15) is 59.4 Å². The number of benzene rings is 1. The smallest absolute Gasteiger partial charge is 0.457 e. The molecule has 1 aromatic carbocycles. The van der Waals surface area contributed by atoms with Crippen LogP contribution in [0.5, 0.6) is 5.75 Å². The van der Waals surface area contributed by atoms with Crippen molar-refractivity contribution in [1.82, 2.24) is 5.32 Å². The fourth-order valence-corrected chi connectivity index (χ4v) is 3.97. The summed E-state index contributed by atoms with van der Waals surface area (Å²) in [5, 5.41) is 2.74. The summed E-state index contributed by atoms with van der Waals surface area (Å²) >= 11 is 3.23. The van der Waals surface area contributed by atoms with E-state index < -0.39 is 29.2 Å². The molecule has 0 aliphatic carbocycles. The molecule has 0 unspecified atom stereocenters. The van der Waals surface area contributed by atoms with Gasteiger partial charge in [0.2, 0.25) is 0 Å². The SMILES string of the molecule is C=C(CC[C@]1(CC(C)C)N=C(c2ccc(OC(F)(F)F)cc2Br)NC1=O)C(=O)OC(C)(C)C. The van der Waals surface area contributed by atoms with Crippen molar-refractivity contribution in [3.05, 3.63) is 40.4 Å². The fourth-order valence-electron chi connectivity index (χ4n) is 3.42. The number of hydrogen-bond acceptors (Lipinski definition) is 5. The predicted octanol–water partition coefficient (Wildman–Crippen LogP) is 5.69. The highest BCUT2D eigenvalue weighted by Crippen LogP contribution is 2.35. The molecule has 0 saturated carbocycles. The van der Waals surface area contributed by atoms with Crippen LogP contribution in [0.15, 0.2) is 39.8 Å². The maximum atomic E-state index is 13.0. The van der Waals surface area contributed by atoms with Crippen molar-refractivity contribution in [2.75, 3.05) is 0 Å². The summed E-state index contributed by atoms with van der Waals surface area (Å²) in [5.41, 5.74) is -1.16. The van der Waals surface area contributed by atoms with Crippen LogP contribution >= 0.6 is 15.9 Å². The Kier molecular flexibility index (Phi) is 8.04. The average Bonchev–Trinajstić information content (AvgIpc) is 2.92. The molecule has 1 aliphatic heterocycles. The summed E-state index contributed by atoms with van der Waals surface area (Å²) < 4.78 is 47.0. The number of nitrogens with zero attached hydrogens (tertiary/aromatic N) is 1. The number of aliphatic imine (C=N–C) groups is 1. The molecule has 33 heavy (non-hydrogen) atoms. The van der Waals surface area contributed by atoms with Gasteiger partial charge in [-0.05, 0) is 80.1 Å². The zero-order valence-electron chi connectivity index (χ0n) is 19.2. The standard InChI is InChI=1S/C23H28BrF3N2O4/c1-13(2)12-22(10-9-14(3)19(30)33-21(4,5)6)20(31)28-18(29-22)16-8-7-15(11-17(16)24)32-23(25,26)27/h7-8,11,13H,3,9-10,12H2,1-2,4-6H3,(H,28,29,31)/t22-/m1/s1. The Morgan fingerprint density at radius 3 is 2.42 bits per heavy atom. The highest BCUT2D eigenvalue weighted by atomic mass is 79.9. The molecule has 0 radical (unpaired) electrons. The van der Waals surface area contributed by atoms with Crippen molar-refractivity contribution in [1.29, 1.82) is 0 Å². The molecular formula is C23H28BrF3N2O4. The van der Waals surface area contributed by atoms with Gasteiger partial charge in [0.15, 0.2) is 0 Å². The van der Waals surface area contributed by atoms with Crippen molar-refractivity contribution in [3.8, 4) is 5.75 Å². The summed E-state index contributed by atoms with van der Waals surface area (Å²) in [7, 11) is 0. The number of hydrogen-bond donors (Lipinski definition) is 1. The number of ether oxygens (including phenoxy) is 2. The molecule has 1 aromatic rings. The lowest BCUT2D eigenvalue weighted by Crippen LogP contribution is -2.41. The van der Waals surface area contributed by atoms with E-state index in [1.54, 1.807) is 20.8 Å². The van der Waals surface area contributed by atoms with Gasteiger partial charge >= 0.3 is 12.3 Å². The lowest BCUT2D eigenvalue weighted by molar-refractivity contribution is -0.274. The second-order valence-corrected chi connectivity index (χ2v) is 10.2. The lowest BCUT2D eigenvalue weighted by atomic mass is 9.84. The monoisotopic (exact) mass is 532 g/mol. The van der Waals surface area contributed by atoms with Crippen LogP contribution in [0, 0.1) is 5.92 Å². The highest BCUT2D eigenvalue weighted by molar-refractivity contribution is 9.10. The Bertz CT molecular complexity index is 967.